The summed E-state index contributed by atoms with van der Waals surface area (Å²) in [5.74, 6) is 0. The second kappa shape index (κ2) is 5.34. The molecule has 2 N–H and O–H groups in total. The third kappa shape index (κ3) is 2.98. The van der Waals surface area contributed by atoms with Crippen LogP contribution in [0.2, 0.25) is 10.0 Å². The SMILES string of the molecule is Clc1ccc(CNCc2ccn[nH]2)cc1Cl. The van der Waals surface area contributed by atoms with Gasteiger partial charge in [0.1, 0.15) is 0 Å². The molecule has 0 spiro atoms. The Balaban J connectivity index is 1.87. The Labute approximate surface area is 104 Å². The van der Waals surface area contributed by atoms with Crippen LogP contribution >= 0.6 is 23.2 Å². The van der Waals surface area contributed by atoms with Gasteiger partial charge in [-0.05, 0) is 23.8 Å². The summed E-state index contributed by atoms with van der Waals surface area (Å²) >= 11 is 11.7. The monoisotopic (exact) mass is 255 g/mol. The number of aromatic nitrogens is 2. The number of benzene rings is 1. The van der Waals surface area contributed by atoms with Gasteiger partial charge in [0.05, 0.1) is 10.0 Å². The van der Waals surface area contributed by atoms with E-state index in [-0.39, 0.29) is 0 Å². The molecule has 0 aliphatic rings. The van der Waals surface area contributed by atoms with Crippen molar-refractivity contribution in [1.82, 2.24) is 15.5 Å². The number of nitrogens with one attached hydrogen (secondary N) is 2. The van der Waals surface area contributed by atoms with Gasteiger partial charge in [0.2, 0.25) is 0 Å². The average molecular weight is 256 g/mol. The van der Waals surface area contributed by atoms with E-state index in [1.54, 1.807) is 12.3 Å². The van der Waals surface area contributed by atoms with Gasteiger partial charge in [-0.15, -0.1) is 0 Å². The summed E-state index contributed by atoms with van der Waals surface area (Å²) < 4.78 is 0. The largest absolute Gasteiger partial charge is 0.307 e. The number of aromatic amines is 1. The van der Waals surface area contributed by atoms with Gasteiger partial charge >= 0.3 is 0 Å². The van der Waals surface area contributed by atoms with Crippen molar-refractivity contribution in [2.24, 2.45) is 0 Å². The van der Waals surface area contributed by atoms with Crippen molar-refractivity contribution in [2.45, 2.75) is 13.1 Å². The topological polar surface area (TPSA) is 40.7 Å². The fourth-order valence-electron chi connectivity index (χ4n) is 1.37. The van der Waals surface area contributed by atoms with Crippen LogP contribution in [-0.4, -0.2) is 10.2 Å². The van der Waals surface area contributed by atoms with Crippen LogP contribution in [-0.2, 0) is 13.1 Å². The van der Waals surface area contributed by atoms with Crippen LogP contribution in [0.3, 0.4) is 0 Å². The number of hydrogen-bond acceptors (Lipinski definition) is 2. The minimum atomic E-state index is 0.582. The summed E-state index contributed by atoms with van der Waals surface area (Å²) in [5, 5.41) is 11.2. The first-order valence-electron chi connectivity index (χ1n) is 4.88. The zero-order chi connectivity index (χ0) is 11.4. The molecule has 1 aromatic carbocycles. The molecule has 0 unspecified atom stereocenters. The molecule has 1 aromatic heterocycles. The average Bonchev–Trinajstić information content (AvgIpc) is 2.76. The second-order valence-corrected chi connectivity index (χ2v) is 4.25. The van der Waals surface area contributed by atoms with Crippen LogP contribution in [0, 0.1) is 0 Å². The molecule has 0 aliphatic carbocycles. The van der Waals surface area contributed by atoms with Crippen LogP contribution in [0.1, 0.15) is 11.3 Å². The first-order valence-corrected chi connectivity index (χ1v) is 5.64. The maximum atomic E-state index is 5.92. The summed E-state index contributed by atoms with van der Waals surface area (Å²) in [6.45, 7) is 1.50. The van der Waals surface area contributed by atoms with Crippen molar-refractivity contribution in [1.29, 1.82) is 0 Å². The number of hydrogen-bond donors (Lipinski definition) is 2. The normalized spacial score (nSPS) is 10.6. The quantitative estimate of drug-likeness (QED) is 0.882. The van der Waals surface area contributed by atoms with Crippen LogP contribution in [0.5, 0.6) is 0 Å². The van der Waals surface area contributed by atoms with E-state index in [4.69, 9.17) is 23.2 Å². The number of halogens is 2. The van der Waals surface area contributed by atoms with Crippen LogP contribution < -0.4 is 5.32 Å². The molecule has 0 saturated carbocycles. The Morgan fingerprint density at radius 3 is 2.69 bits per heavy atom. The zero-order valence-electron chi connectivity index (χ0n) is 8.50. The Kier molecular flexibility index (Phi) is 3.83. The van der Waals surface area contributed by atoms with E-state index >= 15 is 0 Å². The van der Waals surface area contributed by atoms with Gasteiger partial charge < -0.3 is 5.32 Å². The minimum absolute atomic E-state index is 0.582. The van der Waals surface area contributed by atoms with E-state index in [1.165, 1.54) is 0 Å². The molecule has 0 bridgehead atoms. The third-order valence-corrected chi connectivity index (χ3v) is 2.93. The molecule has 3 nitrogen and oxygen atoms in total. The molecule has 2 rings (SSSR count). The Hall–Kier alpha value is -1.03. The van der Waals surface area contributed by atoms with E-state index in [9.17, 15) is 0 Å². The summed E-state index contributed by atoms with van der Waals surface area (Å²) in [4.78, 5) is 0. The fourth-order valence-corrected chi connectivity index (χ4v) is 1.69. The van der Waals surface area contributed by atoms with Gasteiger partial charge in [0.15, 0.2) is 0 Å². The minimum Gasteiger partial charge on any atom is -0.307 e. The predicted molar refractivity (Wildman–Crippen MR) is 65.6 cm³/mol. The van der Waals surface area contributed by atoms with E-state index in [0.717, 1.165) is 24.3 Å². The summed E-state index contributed by atoms with van der Waals surface area (Å²) in [6, 6.07) is 7.55. The Bertz CT molecular complexity index is 454. The van der Waals surface area contributed by atoms with E-state index < -0.39 is 0 Å². The van der Waals surface area contributed by atoms with Gasteiger partial charge in [-0.1, -0.05) is 29.3 Å². The maximum Gasteiger partial charge on any atom is 0.0595 e. The Morgan fingerprint density at radius 2 is 2.00 bits per heavy atom. The van der Waals surface area contributed by atoms with Crippen LogP contribution in [0.15, 0.2) is 30.5 Å². The van der Waals surface area contributed by atoms with Crippen molar-refractivity contribution < 1.29 is 0 Å². The molecule has 84 valence electrons. The summed E-state index contributed by atoms with van der Waals surface area (Å²) in [6.07, 6.45) is 1.73. The standard InChI is InChI=1S/C11H11Cl2N3/c12-10-2-1-8(5-11(10)13)6-14-7-9-3-4-15-16-9/h1-5,14H,6-7H2,(H,15,16). The highest BCUT2D eigenvalue weighted by Crippen LogP contribution is 2.22. The van der Waals surface area contributed by atoms with E-state index in [0.29, 0.717) is 10.0 Å². The van der Waals surface area contributed by atoms with Crippen molar-refractivity contribution in [3.8, 4) is 0 Å². The lowest BCUT2D eigenvalue weighted by molar-refractivity contribution is 0.677. The molecular weight excluding hydrogens is 245 g/mol. The molecule has 0 aliphatic heterocycles. The highest BCUT2D eigenvalue weighted by atomic mass is 35.5. The first-order chi connectivity index (χ1) is 7.75. The van der Waals surface area contributed by atoms with Crippen molar-refractivity contribution in [2.75, 3.05) is 0 Å². The van der Waals surface area contributed by atoms with Gasteiger partial charge in [0.25, 0.3) is 0 Å². The van der Waals surface area contributed by atoms with Gasteiger partial charge in [0, 0.05) is 25.0 Å². The molecular formula is C11H11Cl2N3. The highest BCUT2D eigenvalue weighted by molar-refractivity contribution is 6.42. The number of H-pyrrole nitrogens is 1. The molecule has 0 amide bonds. The zero-order valence-corrected chi connectivity index (χ0v) is 10.0. The molecule has 0 radical (unpaired) electrons. The highest BCUT2D eigenvalue weighted by Gasteiger charge is 1.99. The van der Waals surface area contributed by atoms with Crippen LogP contribution in [0.4, 0.5) is 0 Å². The molecule has 5 heteroatoms. The molecule has 16 heavy (non-hydrogen) atoms. The lowest BCUT2D eigenvalue weighted by Crippen LogP contribution is -2.12. The smallest absolute Gasteiger partial charge is 0.0595 e. The number of rotatable bonds is 4. The van der Waals surface area contributed by atoms with Crippen molar-refractivity contribution >= 4 is 23.2 Å². The van der Waals surface area contributed by atoms with Crippen molar-refractivity contribution in [3.05, 3.63) is 51.8 Å². The molecule has 0 saturated heterocycles. The second-order valence-electron chi connectivity index (χ2n) is 3.43. The lowest BCUT2D eigenvalue weighted by atomic mass is 10.2. The summed E-state index contributed by atoms with van der Waals surface area (Å²) in [7, 11) is 0. The molecule has 0 fully saturated rings. The predicted octanol–water partition coefficient (Wildman–Crippen LogP) is 3.01. The van der Waals surface area contributed by atoms with E-state index in [2.05, 4.69) is 15.5 Å². The number of nitrogens with zero attached hydrogens (tertiary/aromatic N) is 1. The fraction of sp³-hybridized carbons (Fsp3) is 0.182. The van der Waals surface area contributed by atoms with Crippen molar-refractivity contribution in [3.63, 3.8) is 0 Å². The Morgan fingerprint density at radius 1 is 1.12 bits per heavy atom. The molecule has 0 atom stereocenters. The first kappa shape index (κ1) is 11.5. The van der Waals surface area contributed by atoms with Gasteiger partial charge in [-0.3, -0.25) is 5.10 Å². The lowest BCUT2D eigenvalue weighted by Gasteiger charge is -2.04. The summed E-state index contributed by atoms with van der Waals surface area (Å²) in [5.41, 5.74) is 2.16. The van der Waals surface area contributed by atoms with E-state index in [1.807, 2.05) is 18.2 Å². The van der Waals surface area contributed by atoms with Crippen LogP contribution in [0.25, 0.3) is 0 Å². The van der Waals surface area contributed by atoms with Gasteiger partial charge in [-0.25, -0.2) is 0 Å². The maximum absolute atomic E-state index is 5.92. The van der Waals surface area contributed by atoms with Gasteiger partial charge in [-0.2, -0.15) is 5.10 Å². The third-order valence-electron chi connectivity index (χ3n) is 2.19. The molecule has 1 heterocycles. The molecule has 2 aromatic rings.